The van der Waals surface area contributed by atoms with Gasteiger partial charge >= 0.3 is 0 Å². The van der Waals surface area contributed by atoms with Gasteiger partial charge in [0.2, 0.25) is 5.91 Å². The molecule has 2 aromatic rings. The van der Waals surface area contributed by atoms with E-state index in [1.54, 1.807) is 19.2 Å². The molecule has 1 aliphatic heterocycles. The second-order valence-electron chi connectivity index (χ2n) is 9.13. The van der Waals surface area contributed by atoms with Gasteiger partial charge in [-0.1, -0.05) is 11.3 Å². The number of aromatic nitrogens is 3. The molecule has 1 aromatic heterocycles. The van der Waals surface area contributed by atoms with Crippen LogP contribution in [0.5, 0.6) is 0 Å². The maximum atomic E-state index is 14.4. The number of carbonyl (C=O) groups excluding carboxylic acids is 3. The number of ketones is 1. The molecule has 182 valence electrons. The molecule has 10 nitrogen and oxygen atoms in total. The fraction of sp³-hybridized carbons (Fsp3) is 0.522. The summed E-state index contributed by atoms with van der Waals surface area (Å²) in [7, 11) is 1.66. The van der Waals surface area contributed by atoms with Crippen molar-refractivity contribution in [2.75, 3.05) is 24.5 Å². The molecule has 0 bridgehead atoms. The predicted molar refractivity (Wildman–Crippen MR) is 121 cm³/mol. The highest BCUT2D eigenvalue weighted by atomic mass is 19.1. The molecular weight excluding hydrogens is 443 g/mol. The van der Waals surface area contributed by atoms with E-state index in [9.17, 15) is 23.9 Å². The van der Waals surface area contributed by atoms with E-state index >= 15 is 0 Å². The van der Waals surface area contributed by atoms with E-state index in [4.69, 9.17) is 0 Å². The summed E-state index contributed by atoms with van der Waals surface area (Å²) >= 11 is 0. The maximum Gasteiger partial charge on any atom is 0.274 e. The first kappa shape index (κ1) is 23.8. The van der Waals surface area contributed by atoms with Crippen molar-refractivity contribution in [3.05, 3.63) is 41.5 Å². The van der Waals surface area contributed by atoms with Gasteiger partial charge in [0, 0.05) is 26.7 Å². The van der Waals surface area contributed by atoms with Crippen LogP contribution in [-0.4, -0.2) is 69.0 Å². The highest BCUT2D eigenvalue weighted by molar-refractivity contribution is 6.04. The summed E-state index contributed by atoms with van der Waals surface area (Å²) in [5, 5.41) is 22.9. The summed E-state index contributed by atoms with van der Waals surface area (Å²) < 4.78 is 15.8. The minimum Gasteiger partial charge on any atom is -0.385 e. The van der Waals surface area contributed by atoms with Crippen molar-refractivity contribution in [1.82, 2.24) is 25.6 Å². The number of Topliss-reactive ketones (excluding diaryl/α,β-unsaturated/α-hetero) is 1. The van der Waals surface area contributed by atoms with Gasteiger partial charge in [0.15, 0.2) is 11.5 Å². The molecule has 3 N–H and O–H groups in total. The number of hydrogen-bond acceptors (Lipinski definition) is 7. The second kappa shape index (κ2) is 9.49. The first-order chi connectivity index (χ1) is 16.2. The van der Waals surface area contributed by atoms with Gasteiger partial charge in [-0.3, -0.25) is 19.1 Å². The molecular formula is C23H29FN6O4. The van der Waals surface area contributed by atoms with Gasteiger partial charge in [0.05, 0.1) is 17.4 Å². The van der Waals surface area contributed by atoms with Crippen LogP contribution in [0.15, 0.2) is 24.4 Å². The Labute approximate surface area is 196 Å². The average molecular weight is 473 g/mol. The summed E-state index contributed by atoms with van der Waals surface area (Å²) in [6.07, 6.45) is 2.85. The zero-order valence-electron chi connectivity index (χ0n) is 19.3. The Bertz CT molecular complexity index is 1090. The van der Waals surface area contributed by atoms with Crippen LogP contribution in [-0.2, 0) is 11.8 Å². The molecule has 1 atom stereocenters. The number of nitrogens with one attached hydrogen (secondary N) is 2. The molecule has 1 saturated heterocycles. The van der Waals surface area contributed by atoms with Crippen LogP contribution in [0.1, 0.15) is 53.5 Å². The summed E-state index contributed by atoms with van der Waals surface area (Å²) in [6, 6.07) is 4.47. The fourth-order valence-corrected chi connectivity index (χ4v) is 4.28. The first-order valence-corrected chi connectivity index (χ1v) is 11.4. The fourth-order valence-electron chi connectivity index (χ4n) is 4.28. The van der Waals surface area contributed by atoms with E-state index in [1.165, 1.54) is 23.9 Å². The van der Waals surface area contributed by atoms with E-state index in [-0.39, 0.29) is 23.1 Å². The van der Waals surface area contributed by atoms with Crippen LogP contribution < -0.4 is 15.5 Å². The molecule has 1 unspecified atom stereocenters. The maximum absolute atomic E-state index is 14.4. The normalized spacial score (nSPS) is 18.3. The van der Waals surface area contributed by atoms with Gasteiger partial charge in [0.25, 0.3) is 5.91 Å². The Morgan fingerprint density at radius 3 is 2.56 bits per heavy atom. The molecule has 2 aliphatic rings. The SMILES string of the molecule is CC(O)C(=O)c1c(F)cccc1N1CCC(CNC(=O)C2(NC(=O)c3cn(C)nn3)CC2)CC1. The highest BCUT2D eigenvalue weighted by Gasteiger charge is 2.51. The third kappa shape index (κ3) is 4.93. The Morgan fingerprint density at radius 1 is 1.26 bits per heavy atom. The molecule has 1 aliphatic carbocycles. The number of hydrogen-bond donors (Lipinski definition) is 3. The third-order valence-electron chi connectivity index (χ3n) is 6.50. The third-order valence-corrected chi connectivity index (χ3v) is 6.50. The van der Waals surface area contributed by atoms with Crippen molar-refractivity contribution in [3.63, 3.8) is 0 Å². The lowest BCUT2D eigenvalue weighted by Crippen LogP contribution is -2.50. The number of benzene rings is 1. The van der Waals surface area contributed by atoms with Crippen molar-refractivity contribution < 1.29 is 23.9 Å². The van der Waals surface area contributed by atoms with Gasteiger partial charge in [-0.15, -0.1) is 5.10 Å². The van der Waals surface area contributed by atoms with Crippen LogP contribution in [0.4, 0.5) is 10.1 Å². The van der Waals surface area contributed by atoms with Crippen molar-refractivity contribution in [2.45, 2.75) is 44.2 Å². The lowest BCUT2D eigenvalue weighted by atomic mass is 9.94. The number of halogens is 1. The van der Waals surface area contributed by atoms with Crippen LogP contribution in [0, 0.1) is 11.7 Å². The summed E-state index contributed by atoms with van der Waals surface area (Å²) in [5.41, 5.74) is -0.330. The first-order valence-electron chi connectivity index (χ1n) is 11.4. The number of amides is 2. The monoisotopic (exact) mass is 472 g/mol. The molecule has 2 fully saturated rings. The van der Waals surface area contributed by atoms with Crippen LogP contribution in [0.3, 0.4) is 0 Å². The molecule has 4 rings (SSSR count). The molecule has 1 saturated carbocycles. The van der Waals surface area contributed by atoms with Gasteiger partial charge in [0.1, 0.15) is 17.5 Å². The van der Waals surface area contributed by atoms with Gasteiger partial charge < -0.3 is 20.6 Å². The number of anilines is 1. The largest absolute Gasteiger partial charge is 0.385 e. The quantitative estimate of drug-likeness (QED) is 0.485. The number of aryl methyl sites for hydroxylation is 1. The molecule has 0 spiro atoms. The number of carbonyl (C=O) groups is 3. The Balaban J connectivity index is 1.30. The Kier molecular flexibility index (Phi) is 6.65. The van der Waals surface area contributed by atoms with E-state index in [0.717, 1.165) is 12.8 Å². The van der Waals surface area contributed by atoms with Crippen LogP contribution >= 0.6 is 0 Å². The van der Waals surface area contributed by atoms with E-state index in [1.807, 2.05) is 4.90 Å². The molecule has 0 radical (unpaired) electrons. The molecule has 34 heavy (non-hydrogen) atoms. The van der Waals surface area contributed by atoms with Crippen molar-refractivity contribution >= 4 is 23.3 Å². The van der Waals surface area contributed by atoms with E-state index in [0.29, 0.717) is 38.2 Å². The number of piperidine rings is 1. The molecule has 1 aromatic carbocycles. The van der Waals surface area contributed by atoms with Crippen LogP contribution in [0.2, 0.25) is 0 Å². The number of rotatable bonds is 8. The summed E-state index contributed by atoms with van der Waals surface area (Å²) in [6.45, 7) is 2.99. The van der Waals surface area contributed by atoms with Crippen molar-refractivity contribution in [2.24, 2.45) is 13.0 Å². The van der Waals surface area contributed by atoms with E-state index in [2.05, 4.69) is 20.9 Å². The number of aliphatic hydroxyl groups is 1. The minimum atomic E-state index is -1.28. The molecule has 11 heteroatoms. The Morgan fingerprint density at radius 2 is 1.97 bits per heavy atom. The summed E-state index contributed by atoms with van der Waals surface area (Å²) in [5.74, 6) is -1.69. The Hall–Kier alpha value is -3.34. The lowest BCUT2D eigenvalue weighted by Gasteiger charge is -2.35. The van der Waals surface area contributed by atoms with Gasteiger partial charge in [-0.2, -0.15) is 0 Å². The van der Waals surface area contributed by atoms with Gasteiger partial charge in [-0.25, -0.2) is 4.39 Å². The lowest BCUT2D eigenvalue weighted by molar-refractivity contribution is -0.124. The standard InChI is InChI=1S/C23H29FN6O4/c1-14(31)20(32)19-16(24)4-3-5-18(19)30-10-6-15(7-11-30)12-25-22(34)23(8-9-23)26-21(33)17-13-29(2)28-27-17/h3-5,13-15,31H,6-12H2,1-2H3,(H,25,34)(H,26,33). The minimum absolute atomic E-state index is 0.0845. The van der Waals surface area contributed by atoms with Crippen molar-refractivity contribution in [3.8, 4) is 0 Å². The highest BCUT2D eigenvalue weighted by Crippen LogP contribution is 2.36. The number of nitrogens with zero attached hydrogens (tertiary/aromatic N) is 4. The summed E-state index contributed by atoms with van der Waals surface area (Å²) in [4.78, 5) is 39.4. The number of aliphatic hydroxyl groups excluding tert-OH is 1. The van der Waals surface area contributed by atoms with Crippen molar-refractivity contribution in [1.29, 1.82) is 0 Å². The predicted octanol–water partition coefficient (Wildman–Crippen LogP) is 0.813. The zero-order chi connectivity index (χ0) is 24.5. The second-order valence-corrected chi connectivity index (χ2v) is 9.13. The zero-order valence-corrected chi connectivity index (χ0v) is 19.3. The molecule has 2 heterocycles. The molecule has 2 amide bonds. The smallest absolute Gasteiger partial charge is 0.274 e. The van der Waals surface area contributed by atoms with Gasteiger partial charge in [-0.05, 0) is 50.7 Å². The topological polar surface area (TPSA) is 129 Å². The van der Waals surface area contributed by atoms with Crippen LogP contribution in [0.25, 0.3) is 0 Å². The van der Waals surface area contributed by atoms with E-state index < -0.39 is 29.2 Å². The average Bonchev–Trinajstić information content (AvgIpc) is 3.47.